The van der Waals surface area contributed by atoms with E-state index in [2.05, 4.69) is 29.4 Å². The Balaban J connectivity index is 1.88. The van der Waals surface area contributed by atoms with Gasteiger partial charge in [-0.3, -0.25) is 0 Å². The molecule has 1 N–H and O–H groups in total. The first-order valence-corrected chi connectivity index (χ1v) is 6.57. The number of hydrogen-bond donors (Lipinski definition) is 1. The third-order valence-electron chi connectivity index (χ3n) is 3.40. The largest absolute Gasteiger partial charge is 0.473 e. The molecule has 3 nitrogen and oxygen atoms in total. The highest BCUT2D eigenvalue weighted by Crippen LogP contribution is 2.23. The topological polar surface area (TPSA) is 34.1 Å². The van der Waals surface area contributed by atoms with E-state index in [1.165, 1.54) is 11.8 Å². The maximum Gasteiger partial charge on any atom is 0.217 e. The van der Waals surface area contributed by atoms with E-state index >= 15 is 0 Å². The molecule has 1 saturated heterocycles. The van der Waals surface area contributed by atoms with Crippen LogP contribution in [0.2, 0.25) is 0 Å². The number of pyridine rings is 1. The fourth-order valence-corrected chi connectivity index (χ4v) is 2.40. The average Bonchev–Trinajstić information content (AvgIpc) is 2.41. The molecule has 1 aromatic heterocycles. The predicted octanol–water partition coefficient (Wildman–Crippen LogP) is 2.67. The number of ether oxygens (including phenoxy) is 1. The number of benzene rings is 1. The van der Waals surface area contributed by atoms with Gasteiger partial charge in [-0.2, -0.15) is 0 Å². The van der Waals surface area contributed by atoms with Crippen LogP contribution in [0.25, 0.3) is 10.9 Å². The Morgan fingerprint density at radius 2 is 2.22 bits per heavy atom. The zero-order chi connectivity index (χ0) is 12.4. The molecule has 1 aromatic carbocycles. The van der Waals surface area contributed by atoms with E-state index in [1.807, 2.05) is 18.2 Å². The zero-order valence-corrected chi connectivity index (χ0v) is 10.6. The summed E-state index contributed by atoms with van der Waals surface area (Å²) in [5.74, 6) is 0.780. The number of aromatic nitrogens is 1. The number of nitrogens with one attached hydrogen (secondary N) is 1. The van der Waals surface area contributed by atoms with Crippen LogP contribution in [0, 0.1) is 6.92 Å². The molecule has 0 saturated carbocycles. The molecule has 2 aromatic rings. The van der Waals surface area contributed by atoms with Gasteiger partial charge in [-0.15, -0.1) is 0 Å². The molecule has 1 atom stereocenters. The first-order valence-electron chi connectivity index (χ1n) is 6.57. The lowest BCUT2D eigenvalue weighted by atomic mass is 10.1. The van der Waals surface area contributed by atoms with Crippen molar-refractivity contribution < 1.29 is 4.74 Å². The van der Waals surface area contributed by atoms with Crippen LogP contribution < -0.4 is 10.1 Å². The van der Waals surface area contributed by atoms with E-state index in [-0.39, 0.29) is 6.10 Å². The Morgan fingerprint density at radius 3 is 3.06 bits per heavy atom. The van der Waals surface area contributed by atoms with Crippen molar-refractivity contribution in [2.45, 2.75) is 25.9 Å². The third-order valence-corrected chi connectivity index (χ3v) is 3.40. The molecule has 0 radical (unpaired) electrons. The second-order valence-electron chi connectivity index (χ2n) is 4.89. The summed E-state index contributed by atoms with van der Waals surface area (Å²) in [4.78, 5) is 4.62. The average molecular weight is 242 g/mol. The highest BCUT2D eigenvalue weighted by atomic mass is 16.5. The number of hydrogen-bond acceptors (Lipinski definition) is 3. The first kappa shape index (κ1) is 11.5. The molecule has 0 unspecified atom stereocenters. The quantitative estimate of drug-likeness (QED) is 0.879. The van der Waals surface area contributed by atoms with Gasteiger partial charge in [0, 0.05) is 17.5 Å². The molecule has 1 fully saturated rings. The molecule has 3 heteroatoms. The molecule has 3 rings (SSSR count). The van der Waals surface area contributed by atoms with Gasteiger partial charge in [0.15, 0.2) is 0 Å². The minimum Gasteiger partial charge on any atom is -0.473 e. The SMILES string of the molecule is Cc1cc2ccccc2nc1O[C@H]1CCCNC1. The van der Waals surface area contributed by atoms with Gasteiger partial charge in [-0.25, -0.2) is 4.98 Å². The van der Waals surface area contributed by atoms with Crippen molar-refractivity contribution in [2.75, 3.05) is 13.1 Å². The molecule has 0 spiro atoms. The summed E-state index contributed by atoms with van der Waals surface area (Å²) in [7, 11) is 0. The number of nitrogens with zero attached hydrogens (tertiary/aromatic N) is 1. The Hall–Kier alpha value is -1.61. The van der Waals surface area contributed by atoms with Crippen molar-refractivity contribution in [3.8, 4) is 5.88 Å². The summed E-state index contributed by atoms with van der Waals surface area (Å²) < 4.78 is 6.02. The van der Waals surface area contributed by atoms with Crippen molar-refractivity contribution in [1.29, 1.82) is 0 Å². The number of fused-ring (bicyclic) bond motifs is 1. The van der Waals surface area contributed by atoms with Gasteiger partial charge in [0.05, 0.1) is 5.52 Å². The molecule has 18 heavy (non-hydrogen) atoms. The first-order chi connectivity index (χ1) is 8.83. The molecule has 0 amide bonds. The Labute approximate surface area is 107 Å². The van der Waals surface area contributed by atoms with E-state index in [0.717, 1.165) is 36.5 Å². The second-order valence-corrected chi connectivity index (χ2v) is 4.89. The molecule has 94 valence electrons. The number of aryl methyl sites for hydroxylation is 1. The van der Waals surface area contributed by atoms with E-state index in [9.17, 15) is 0 Å². The van der Waals surface area contributed by atoms with Crippen molar-refractivity contribution in [2.24, 2.45) is 0 Å². The van der Waals surface area contributed by atoms with E-state index < -0.39 is 0 Å². The molecule has 2 heterocycles. The van der Waals surface area contributed by atoms with E-state index in [1.54, 1.807) is 0 Å². The Kier molecular flexibility index (Phi) is 3.15. The molecule has 1 aliphatic heterocycles. The van der Waals surface area contributed by atoms with Crippen LogP contribution in [0.1, 0.15) is 18.4 Å². The lowest BCUT2D eigenvalue weighted by molar-refractivity contribution is 0.160. The maximum absolute atomic E-state index is 6.02. The fourth-order valence-electron chi connectivity index (χ4n) is 2.40. The zero-order valence-electron chi connectivity index (χ0n) is 10.6. The van der Waals surface area contributed by atoms with Crippen LogP contribution >= 0.6 is 0 Å². The van der Waals surface area contributed by atoms with Crippen LogP contribution in [-0.2, 0) is 0 Å². The van der Waals surface area contributed by atoms with Gasteiger partial charge in [-0.1, -0.05) is 18.2 Å². The van der Waals surface area contributed by atoms with E-state index in [0.29, 0.717) is 0 Å². The van der Waals surface area contributed by atoms with Crippen molar-refractivity contribution in [3.63, 3.8) is 0 Å². The number of para-hydroxylation sites is 1. The second kappa shape index (κ2) is 4.94. The van der Waals surface area contributed by atoms with Crippen LogP contribution in [0.5, 0.6) is 5.88 Å². The third kappa shape index (κ3) is 2.31. The van der Waals surface area contributed by atoms with Gasteiger partial charge in [0.2, 0.25) is 5.88 Å². The Morgan fingerprint density at radius 1 is 1.33 bits per heavy atom. The van der Waals surface area contributed by atoms with E-state index in [4.69, 9.17) is 4.74 Å². The van der Waals surface area contributed by atoms with Crippen LogP contribution in [-0.4, -0.2) is 24.2 Å². The van der Waals surface area contributed by atoms with Gasteiger partial charge < -0.3 is 10.1 Å². The van der Waals surface area contributed by atoms with Crippen LogP contribution in [0.4, 0.5) is 0 Å². The Bertz CT molecular complexity index is 547. The minimum atomic E-state index is 0.256. The smallest absolute Gasteiger partial charge is 0.217 e. The molecular formula is C15H18N2O. The standard InChI is InChI=1S/C15H18N2O/c1-11-9-12-5-2-3-7-14(12)17-15(11)18-13-6-4-8-16-10-13/h2-3,5,7,9,13,16H,4,6,8,10H2,1H3/t13-/m0/s1. The summed E-state index contributed by atoms with van der Waals surface area (Å²) in [5.41, 5.74) is 2.11. The normalized spacial score (nSPS) is 19.9. The molecule has 0 bridgehead atoms. The van der Waals surface area contributed by atoms with Gasteiger partial charge >= 0.3 is 0 Å². The van der Waals surface area contributed by atoms with Crippen molar-refractivity contribution in [3.05, 3.63) is 35.9 Å². The minimum absolute atomic E-state index is 0.256. The summed E-state index contributed by atoms with van der Waals surface area (Å²) >= 11 is 0. The van der Waals surface area contributed by atoms with Crippen LogP contribution in [0.3, 0.4) is 0 Å². The summed E-state index contributed by atoms with van der Waals surface area (Å²) in [5, 5.41) is 4.53. The van der Waals surface area contributed by atoms with Crippen LogP contribution in [0.15, 0.2) is 30.3 Å². The number of piperidine rings is 1. The van der Waals surface area contributed by atoms with Crippen molar-refractivity contribution in [1.82, 2.24) is 10.3 Å². The summed E-state index contributed by atoms with van der Waals surface area (Å²) in [6.45, 7) is 4.09. The monoisotopic (exact) mass is 242 g/mol. The van der Waals surface area contributed by atoms with Gasteiger partial charge in [0.25, 0.3) is 0 Å². The maximum atomic E-state index is 6.02. The molecular weight excluding hydrogens is 224 g/mol. The lowest BCUT2D eigenvalue weighted by Gasteiger charge is -2.24. The highest BCUT2D eigenvalue weighted by molar-refractivity contribution is 5.79. The summed E-state index contributed by atoms with van der Waals surface area (Å²) in [6, 6.07) is 10.3. The predicted molar refractivity (Wildman–Crippen MR) is 73.0 cm³/mol. The lowest BCUT2D eigenvalue weighted by Crippen LogP contribution is -2.37. The fraction of sp³-hybridized carbons (Fsp3) is 0.400. The van der Waals surface area contributed by atoms with Gasteiger partial charge in [-0.05, 0) is 38.4 Å². The molecule has 0 aliphatic carbocycles. The number of rotatable bonds is 2. The van der Waals surface area contributed by atoms with Crippen molar-refractivity contribution >= 4 is 10.9 Å². The summed E-state index contributed by atoms with van der Waals surface area (Å²) in [6.07, 6.45) is 2.55. The molecule has 1 aliphatic rings. The van der Waals surface area contributed by atoms with Gasteiger partial charge in [0.1, 0.15) is 6.10 Å². The highest BCUT2D eigenvalue weighted by Gasteiger charge is 2.16.